The second-order valence-electron chi connectivity index (χ2n) is 5.92. The summed E-state index contributed by atoms with van der Waals surface area (Å²) in [6, 6.07) is 9.75. The minimum absolute atomic E-state index is 0.0105. The van der Waals surface area contributed by atoms with Crippen molar-refractivity contribution in [2.45, 2.75) is 25.8 Å². The van der Waals surface area contributed by atoms with Gasteiger partial charge in [0, 0.05) is 11.7 Å². The second kappa shape index (κ2) is 6.55. The highest BCUT2D eigenvalue weighted by Gasteiger charge is 2.25. The van der Waals surface area contributed by atoms with Crippen molar-refractivity contribution in [2.75, 3.05) is 16.8 Å². The first-order chi connectivity index (χ1) is 11.5. The number of hydrogen-bond acceptors (Lipinski definition) is 2. The van der Waals surface area contributed by atoms with Gasteiger partial charge in [-0.3, -0.25) is 4.79 Å². The lowest BCUT2D eigenvalue weighted by molar-refractivity contribution is -0.115. The molecule has 1 N–H and O–H groups in total. The first-order valence-electron chi connectivity index (χ1n) is 7.75. The Morgan fingerprint density at radius 3 is 2.71 bits per heavy atom. The Balaban J connectivity index is 1.77. The van der Waals surface area contributed by atoms with Crippen molar-refractivity contribution in [3.8, 4) is 0 Å². The van der Waals surface area contributed by atoms with Gasteiger partial charge < -0.3 is 10.2 Å². The number of aryl methyl sites for hydroxylation is 1. The summed E-state index contributed by atoms with van der Waals surface area (Å²) in [5.41, 5.74) is 1.76. The molecule has 0 radical (unpaired) electrons. The third kappa shape index (κ3) is 3.09. The van der Waals surface area contributed by atoms with Gasteiger partial charge in [0.25, 0.3) is 0 Å². The molecule has 0 spiro atoms. The van der Waals surface area contributed by atoms with Crippen molar-refractivity contribution < 1.29 is 18.0 Å². The molecule has 2 aromatic carbocycles. The maximum atomic E-state index is 13.7. The molecule has 0 aromatic heterocycles. The molecule has 126 valence electrons. The van der Waals surface area contributed by atoms with Gasteiger partial charge in [-0.25, -0.2) is 13.2 Å². The molecule has 24 heavy (non-hydrogen) atoms. The van der Waals surface area contributed by atoms with Crippen LogP contribution in [0.3, 0.4) is 0 Å². The van der Waals surface area contributed by atoms with Crippen LogP contribution < -0.4 is 10.2 Å². The zero-order valence-corrected chi connectivity index (χ0v) is 13.2. The van der Waals surface area contributed by atoms with Gasteiger partial charge >= 0.3 is 0 Å². The van der Waals surface area contributed by atoms with Crippen molar-refractivity contribution in [1.82, 2.24) is 0 Å². The number of carbonyl (C=O) groups is 1. The van der Waals surface area contributed by atoms with E-state index in [0.29, 0.717) is 0 Å². The number of amides is 1. The van der Waals surface area contributed by atoms with Gasteiger partial charge in [-0.05, 0) is 43.5 Å². The van der Waals surface area contributed by atoms with Crippen LogP contribution in [0.2, 0.25) is 0 Å². The number of carbonyl (C=O) groups excluding carboxylic acids is 1. The molecule has 3 nitrogen and oxygen atoms in total. The van der Waals surface area contributed by atoms with Gasteiger partial charge in [0.2, 0.25) is 5.91 Å². The summed E-state index contributed by atoms with van der Waals surface area (Å²) in [6.07, 6.45) is 1.84. The van der Waals surface area contributed by atoms with Crippen LogP contribution in [0.15, 0.2) is 36.4 Å². The summed E-state index contributed by atoms with van der Waals surface area (Å²) in [5, 5.41) is 2.31. The van der Waals surface area contributed by atoms with Crippen molar-refractivity contribution in [3.05, 3.63) is 59.4 Å². The highest BCUT2D eigenvalue weighted by atomic mass is 19.2. The van der Waals surface area contributed by atoms with Gasteiger partial charge in [0.05, 0.1) is 12.2 Å². The molecule has 1 atom stereocenters. The van der Waals surface area contributed by atoms with E-state index < -0.39 is 23.4 Å². The van der Waals surface area contributed by atoms with Crippen molar-refractivity contribution in [2.24, 2.45) is 0 Å². The average Bonchev–Trinajstić information content (AvgIpc) is 2.58. The van der Waals surface area contributed by atoms with Crippen molar-refractivity contribution >= 4 is 17.3 Å². The molecule has 0 unspecified atom stereocenters. The molecule has 0 bridgehead atoms. The third-order valence-electron chi connectivity index (χ3n) is 4.29. The SMILES string of the molecule is C[C@H]1CCc2ccccc2N1CC(=O)Nc1ccc(F)c(F)c1F. The monoisotopic (exact) mass is 334 g/mol. The van der Waals surface area contributed by atoms with Crippen LogP contribution in [0.5, 0.6) is 0 Å². The van der Waals surface area contributed by atoms with Crippen LogP contribution in [0, 0.1) is 17.5 Å². The molecule has 1 amide bonds. The third-order valence-corrected chi connectivity index (χ3v) is 4.29. The number of hydrogen-bond donors (Lipinski definition) is 1. The summed E-state index contributed by atoms with van der Waals surface area (Å²) < 4.78 is 39.9. The summed E-state index contributed by atoms with van der Waals surface area (Å²) in [4.78, 5) is 14.2. The predicted molar refractivity (Wildman–Crippen MR) is 86.5 cm³/mol. The topological polar surface area (TPSA) is 32.3 Å². The Morgan fingerprint density at radius 1 is 1.17 bits per heavy atom. The highest BCUT2D eigenvalue weighted by molar-refractivity contribution is 5.94. The normalized spacial score (nSPS) is 16.7. The molecular formula is C18H17F3N2O. The standard InChI is InChI=1S/C18H17F3N2O/c1-11-6-7-12-4-2-3-5-15(12)23(11)10-16(24)22-14-9-8-13(19)17(20)18(14)21/h2-5,8-9,11H,6-7,10H2,1H3,(H,22,24)/t11-/m0/s1. The number of nitrogens with zero attached hydrogens (tertiary/aromatic N) is 1. The Bertz CT molecular complexity index is 779. The second-order valence-corrected chi connectivity index (χ2v) is 5.92. The Morgan fingerprint density at radius 2 is 1.92 bits per heavy atom. The molecular weight excluding hydrogens is 317 g/mol. The summed E-state index contributed by atoms with van der Waals surface area (Å²) in [5.74, 6) is -4.76. The fraction of sp³-hybridized carbons (Fsp3) is 0.278. The van der Waals surface area contributed by atoms with Crippen molar-refractivity contribution in [3.63, 3.8) is 0 Å². The molecule has 0 saturated heterocycles. The Hall–Kier alpha value is -2.50. The maximum Gasteiger partial charge on any atom is 0.243 e. The van der Waals surface area contributed by atoms with Gasteiger partial charge in [0.1, 0.15) is 0 Å². The molecule has 1 aliphatic rings. The van der Waals surface area contributed by atoms with Crippen LogP contribution in [0.1, 0.15) is 18.9 Å². The summed E-state index contributed by atoms with van der Waals surface area (Å²) in [7, 11) is 0. The van der Waals surface area contributed by atoms with Gasteiger partial charge in [0.15, 0.2) is 17.5 Å². The fourth-order valence-corrected chi connectivity index (χ4v) is 2.97. The van der Waals surface area contributed by atoms with E-state index in [2.05, 4.69) is 5.32 Å². The van der Waals surface area contributed by atoms with E-state index in [-0.39, 0.29) is 18.3 Å². The van der Waals surface area contributed by atoms with E-state index in [4.69, 9.17) is 0 Å². The van der Waals surface area contributed by atoms with E-state index in [1.54, 1.807) is 0 Å². The molecule has 1 aliphatic heterocycles. The molecule has 0 aliphatic carbocycles. The lowest BCUT2D eigenvalue weighted by atomic mass is 9.96. The van der Waals surface area contributed by atoms with E-state index in [0.717, 1.165) is 36.2 Å². The van der Waals surface area contributed by atoms with Crippen LogP contribution >= 0.6 is 0 Å². The number of anilines is 2. The molecule has 2 aromatic rings. The molecule has 6 heteroatoms. The molecule has 1 heterocycles. The highest BCUT2D eigenvalue weighted by Crippen LogP contribution is 2.30. The van der Waals surface area contributed by atoms with Gasteiger partial charge in [-0.1, -0.05) is 18.2 Å². The summed E-state index contributed by atoms with van der Waals surface area (Å²) >= 11 is 0. The first-order valence-corrected chi connectivity index (χ1v) is 7.75. The van der Waals surface area contributed by atoms with Crippen LogP contribution in [-0.4, -0.2) is 18.5 Å². The van der Waals surface area contributed by atoms with Gasteiger partial charge in [-0.2, -0.15) is 0 Å². The number of benzene rings is 2. The number of rotatable bonds is 3. The Kier molecular flexibility index (Phi) is 4.46. The first kappa shape index (κ1) is 16.4. The Labute approximate surface area is 138 Å². The van der Waals surface area contributed by atoms with Crippen LogP contribution in [0.25, 0.3) is 0 Å². The summed E-state index contributed by atoms with van der Waals surface area (Å²) in [6.45, 7) is 2.03. The molecule has 3 rings (SSSR count). The van der Waals surface area contributed by atoms with Crippen LogP contribution in [0.4, 0.5) is 24.5 Å². The fourth-order valence-electron chi connectivity index (χ4n) is 2.97. The van der Waals surface area contributed by atoms with E-state index in [1.807, 2.05) is 36.1 Å². The minimum atomic E-state index is -1.59. The van der Waals surface area contributed by atoms with Gasteiger partial charge in [-0.15, -0.1) is 0 Å². The number of nitrogens with one attached hydrogen (secondary N) is 1. The average molecular weight is 334 g/mol. The molecule has 0 saturated carbocycles. The van der Waals surface area contributed by atoms with E-state index in [9.17, 15) is 18.0 Å². The number of fused-ring (bicyclic) bond motifs is 1. The largest absolute Gasteiger partial charge is 0.359 e. The zero-order valence-electron chi connectivity index (χ0n) is 13.2. The maximum absolute atomic E-state index is 13.7. The number of halogens is 3. The van der Waals surface area contributed by atoms with Crippen molar-refractivity contribution in [1.29, 1.82) is 0 Å². The minimum Gasteiger partial charge on any atom is -0.359 e. The lowest BCUT2D eigenvalue weighted by Crippen LogP contribution is -2.42. The quantitative estimate of drug-likeness (QED) is 0.864. The predicted octanol–water partition coefficient (Wildman–Crippen LogP) is 3.88. The van der Waals surface area contributed by atoms with E-state index >= 15 is 0 Å². The van der Waals surface area contributed by atoms with E-state index in [1.165, 1.54) is 0 Å². The number of para-hydroxylation sites is 1. The zero-order chi connectivity index (χ0) is 17.3. The smallest absolute Gasteiger partial charge is 0.243 e. The lowest BCUT2D eigenvalue weighted by Gasteiger charge is -2.36. The van der Waals surface area contributed by atoms with Crippen LogP contribution in [-0.2, 0) is 11.2 Å². The molecule has 0 fully saturated rings.